The topological polar surface area (TPSA) is 77.8 Å². The fraction of sp³-hybridized carbons (Fsp3) is 0.565. The molecule has 2 unspecified atom stereocenters. The van der Waals surface area contributed by atoms with Gasteiger partial charge in [0.25, 0.3) is 5.91 Å². The third kappa shape index (κ3) is 7.22. The molecule has 0 aliphatic carbocycles. The quantitative estimate of drug-likeness (QED) is 0.386. The Balaban J connectivity index is 1.91. The monoisotopic (exact) mass is 453 g/mol. The maximum atomic E-state index is 14.0. The van der Waals surface area contributed by atoms with E-state index in [4.69, 9.17) is 5.11 Å². The van der Waals surface area contributed by atoms with Gasteiger partial charge in [-0.3, -0.25) is 9.59 Å². The molecule has 1 saturated heterocycles. The Kier molecular flexibility index (Phi) is 9.32. The normalized spacial score (nSPS) is 24.6. The summed E-state index contributed by atoms with van der Waals surface area (Å²) in [7, 11) is 0. The van der Waals surface area contributed by atoms with Crippen LogP contribution >= 0.6 is 11.8 Å². The maximum Gasteiger partial charge on any atom is 0.327 e. The van der Waals surface area contributed by atoms with Gasteiger partial charge in [-0.1, -0.05) is 37.1 Å². The minimum atomic E-state index is -3.42. The highest BCUT2D eigenvalue weighted by Crippen LogP contribution is 2.37. The largest absolute Gasteiger partial charge is 0.480 e. The zero-order chi connectivity index (χ0) is 23.0. The van der Waals surface area contributed by atoms with E-state index in [0.29, 0.717) is 32.1 Å². The molecule has 2 aliphatic heterocycles. The summed E-state index contributed by atoms with van der Waals surface area (Å²) < 4.78 is 28.1. The Morgan fingerprint density at radius 3 is 2.87 bits per heavy atom. The summed E-state index contributed by atoms with van der Waals surface area (Å²) in [5.41, 5.74) is 0. The minimum Gasteiger partial charge on any atom is -0.480 e. The fourth-order valence-electron chi connectivity index (χ4n) is 3.44. The number of rotatable bonds is 10. The first-order chi connectivity index (χ1) is 14.7. The van der Waals surface area contributed by atoms with Crippen molar-refractivity contribution in [3.05, 3.63) is 35.8 Å². The van der Waals surface area contributed by atoms with E-state index in [0.717, 1.165) is 9.81 Å². The highest BCUT2D eigenvalue weighted by molar-refractivity contribution is 8.04. The Morgan fingerprint density at radius 2 is 2.23 bits per heavy atom. The highest BCUT2D eigenvalue weighted by Gasteiger charge is 2.52. The van der Waals surface area contributed by atoms with E-state index in [1.165, 1.54) is 23.9 Å². The first-order valence-corrected chi connectivity index (χ1v) is 11.2. The Hall–Kier alpha value is -2.11. The second kappa shape index (κ2) is 11.5. The summed E-state index contributed by atoms with van der Waals surface area (Å²) in [5.74, 6) is 0.192. The number of nitrogens with zero attached hydrogens (tertiary/aromatic N) is 1. The van der Waals surface area contributed by atoms with E-state index in [1.807, 2.05) is 13.0 Å². The SMILES string of the molecule is C=CCC#CC[C@H](C)[C@H](O)/C=C/C1CC(F)(F)C(=O)N1CCCC1=CCC(C(=O)O)S1. The second-order valence-electron chi connectivity index (χ2n) is 7.83. The third-order valence-electron chi connectivity index (χ3n) is 5.30. The average molecular weight is 454 g/mol. The Labute approximate surface area is 186 Å². The summed E-state index contributed by atoms with van der Waals surface area (Å²) in [5, 5.41) is 18.8. The van der Waals surface area contributed by atoms with Gasteiger partial charge in [-0.05, 0) is 30.1 Å². The number of thioether (sulfide) groups is 1. The molecule has 1 fully saturated rings. The predicted octanol–water partition coefficient (Wildman–Crippen LogP) is 4.00. The molecule has 2 N–H and O–H groups in total. The lowest BCUT2D eigenvalue weighted by Crippen LogP contribution is -2.36. The Bertz CT molecular complexity index is 799. The molecular formula is C23H29F2NO4S. The number of aliphatic carboxylic acids is 1. The molecule has 2 heterocycles. The van der Waals surface area contributed by atoms with Crippen LogP contribution in [0.2, 0.25) is 0 Å². The lowest BCUT2D eigenvalue weighted by atomic mass is 9.99. The smallest absolute Gasteiger partial charge is 0.327 e. The molecule has 0 aromatic rings. The van der Waals surface area contributed by atoms with Crippen LogP contribution in [0.4, 0.5) is 8.78 Å². The van der Waals surface area contributed by atoms with Crippen LogP contribution in [0.1, 0.15) is 45.4 Å². The van der Waals surface area contributed by atoms with Crippen LogP contribution in [0.3, 0.4) is 0 Å². The van der Waals surface area contributed by atoms with E-state index in [9.17, 15) is 23.5 Å². The molecule has 1 amide bonds. The number of carbonyl (C=O) groups is 2. The highest BCUT2D eigenvalue weighted by atomic mass is 32.2. The lowest BCUT2D eigenvalue weighted by molar-refractivity contribution is -0.148. The molecule has 2 aliphatic rings. The van der Waals surface area contributed by atoms with E-state index in [-0.39, 0.29) is 12.5 Å². The van der Waals surface area contributed by atoms with Crippen molar-refractivity contribution in [2.24, 2.45) is 5.92 Å². The first-order valence-electron chi connectivity index (χ1n) is 10.4. The number of carbonyl (C=O) groups excluding carboxylic acids is 1. The van der Waals surface area contributed by atoms with Gasteiger partial charge in [-0.25, -0.2) is 0 Å². The first kappa shape index (κ1) is 25.2. The number of carboxylic acids is 1. The third-order valence-corrected chi connectivity index (χ3v) is 6.65. The van der Waals surface area contributed by atoms with Gasteiger partial charge in [-0.15, -0.1) is 24.3 Å². The standard InChI is InChI=1S/C23H29F2NO4S/c1-3-4-5-6-8-16(2)19(27)12-10-17-15-23(24,25)22(30)26(17)14-7-9-18-11-13-20(31-18)21(28)29/h3,10-12,16-17,19-20,27H,1,4,7-9,13-15H2,2H3,(H,28,29)/b12-10+/t16-,17?,19+,20?/m0/s1. The lowest BCUT2D eigenvalue weighted by Gasteiger charge is -2.22. The predicted molar refractivity (Wildman–Crippen MR) is 118 cm³/mol. The zero-order valence-electron chi connectivity index (χ0n) is 17.6. The zero-order valence-corrected chi connectivity index (χ0v) is 18.4. The summed E-state index contributed by atoms with van der Waals surface area (Å²) in [6, 6.07) is -0.784. The van der Waals surface area contributed by atoms with Crippen LogP contribution in [0.5, 0.6) is 0 Å². The number of likely N-dealkylation sites (tertiary alicyclic amines) is 1. The molecule has 0 saturated carbocycles. The number of hydrogen-bond donors (Lipinski definition) is 2. The number of aliphatic hydroxyl groups excluding tert-OH is 1. The van der Waals surface area contributed by atoms with Crippen molar-refractivity contribution in [3.8, 4) is 11.8 Å². The van der Waals surface area contributed by atoms with Crippen molar-refractivity contribution in [1.82, 2.24) is 4.90 Å². The summed E-state index contributed by atoms with van der Waals surface area (Å²) in [6.07, 6.45) is 7.54. The molecule has 0 spiro atoms. The molecule has 170 valence electrons. The van der Waals surface area contributed by atoms with Gasteiger partial charge in [0.2, 0.25) is 0 Å². The molecule has 4 atom stereocenters. The minimum absolute atomic E-state index is 0.151. The van der Waals surface area contributed by atoms with Gasteiger partial charge in [0.1, 0.15) is 5.25 Å². The number of carboxylic acid groups (broad SMARTS) is 1. The summed E-state index contributed by atoms with van der Waals surface area (Å²) in [4.78, 5) is 25.2. The van der Waals surface area contributed by atoms with Gasteiger partial charge in [-0.2, -0.15) is 8.78 Å². The van der Waals surface area contributed by atoms with E-state index in [2.05, 4.69) is 18.4 Å². The van der Waals surface area contributed by atoms with E-state index < -0.39 is 41.6 Å². The van der Waals surface area contributed by atoms with Crippen molar-refractivity contribution in [3.63, 3.8) is 0 Å². The fourth-order valence-corrected chi connectivity index (χ4v) is 4.56. The van der Waals surface area contributed by atoms with E-state index >= 15 is 0 Å². The average Bonchev–Trinajstić information content (AvgIpc) is 3.27. The van der Waals surface area contributed by atoms with Crippen LogP contribution in [0, 0.1) is 17.8 Å². The molecule has 31 heavy (non-hydrogen) atoms. The number of amides is 1. The van der Waals surface area contributed by atoms with Crippen molar-refractivity contribution in [1.29, 1.82) is 0 Å². The van der Waals surface area contributed by atoms with Gasteiger partial charge in [0, 0.05) is 25.8 Å². The van der Waals surface area contributed by atoms with Crippen LogP contribution in [-0.2, 0) is 9.59 Å². The molecule has 0 aromatic heterocycles. The van der Waals surface area contributed by atoms with Gasteiger partial charge in [0.05, 0.1) is 12.1 Å². The maximum absolute atomic E-state index is 14.0. The number of aliphatic hydroxyl groups is 1. The molecule has 5 nitrogen and oxygen atoms in total. The van der Waals surface area contributed by atoms with Gasteiger partial charge >= 0.3 is 11.9 Å². The number of halogens is 2. The number of alkyl halides is 2. The summed E-state index contributed by atoms with van der Waals surface area (Å²) in [6.45, 7) is 5.55. The van der Waals surface area contributed by atoms with Gasteiger partial charge in [0.15, 0.2) is 0 Å². The van der Waals surface area contributed by atoms with Crippen molar-refractivity contribution < 1.29 is 28.6 Å². The summed E-state index contributed by atoms with van der Waals surface area (Å²) >= 11 is 1.28. The van der Waals surface area contributed by atoms with Crippen molar-refractivity contribution in [2.45, 2.75) is 68.8 Å². The number of allylic oxidation sites excluding steroid dienone is 3. The number of hydrogen-bond acceptors (Lipinski definition) is 4. The molecule has 0 radical (unpaired) electrons. The Morgan fingerprint density at radius 1 is 1.48 bits per heavy atom. The second-order valence-corrected chi connectivity index (χ2v) is 9.16. The molecular weight excluding hydrogens is 424 g/mol. The van der Waals surface area contributed by atoms with Crippen LogP contribution in [-0.4, -0.2) is 56.9 Å². The van der Waals surface area contributed by atoms with Crippen LogP contribution in [0.25, 0.3) is 0 Å². The van der Waals surface area contributed by atoms with Crippen molar-refractivity contribution in [2.75, 3.05) is 6.54 Å². The van der Waals surface area contributed by atoms with Crippen LogP contribution in [0.15, 0.2) is 35.8 Å². The molecule has 0 bridgehead atoms. The molecule has 2 rings (SSSR count). The van der Waals surface area contributed by atoms with Gasteiger partial charge < -0.3 is 15.1 Å². The molecule has 0 aromatic carbocycles. The van der Waals surface area contributed by atoms with E-state index in [1.54, 1.807) is 6.08 Å². The van der Waals surface area contributed by atoms with Crippen molar-refractivity contribution >= 4 is 23.6 Å². The molecule has 8 heteroatoms. The van der Waals surface area contributed by atoms with Crippen LogP contribution < -0.4 is 0 Å².